The molecule has 8 heteroatoms. The quantitative estimate of drug-likeness (QED) is 0.700. The van der Waals surface area contributed by atoms with Crippen molar-refractivity contribution >= 4 is 29.5 Å². The Morgan fingerprint density at radius 2 is 1.72 bits per heavy atom. The summed E-state index contributed by atoms with van der Waals surface area (Å²) in [5.41, 5.74) is 0.780. The molecule has 25 heavy (non-hydrogen) atoms. The van der Waals surface area contributed by atoms with Gasteiger partial charge in [-0.25, -0.2) is 9.59 Å². The van der Waals surface area contributed by atoms with Crippen molar-refractivity contribution in [3.63, 3.8) is 0 Å². The molecular weight excluding hydrogens is 326 g/mol. The number of rotatable bonds is 5. The summed E-state index contributed by atoms with van der Waals surface area (Å²) in [4.78, 5) is 46.1. The van der Waals surface area contributed by atoms with Gasteiger partial charge in [0.25, 0.3) is 5.91 Å². The summed E-state index contributed by atoms with van der Waals surface area (Å²) in [7, 11) is 0. The predicted octanol–water partition coefficient (Wildman–Crippen LogP) is 1.57. The molecule has 0 bridgehead atoms. The van der Waals surface area contributed by atoms with E-state index in [1.807, 2.05) is 0 Å². The van der Waals surface area contributed by atoms with E-state index >= 15 is 0 Å². The molecule has 4 amide bonds. The highest BCUT2D eigenvalue weighted by molar-refractivity contribution is 5.97. The number of carbonyl (C=O) groups is 4. The van der Waals surface area contributed by atoms with E-state index in [1.165, 1.54) is 19.1 Å². The van der Waals surface area contributed by atoms with Gasteiger partial charge in [0.15, 0.2) is 6.61 Å². The van der Waals surface area contributed by atoms with Crippen LogP contribution in [0.25, 0.3) is 0 Å². The zero-order valence-corrected chi connectivity index (χ0v) is 14.0. The maximum Gasteiger partial charge on any atom is 0.338 e. The second-order valence-corrected chi connectivity index (χ2v) is 5.84. The van der Waals surface area contributed by atoms with Crippen LogP contribution in [0.15, 0.2) is 24.3 Å². The van der Waals surface area contributed by atoms with E-state index in [0.29, 0.717) is 5.69 Å². The van der Waals surface area contributed by atoms with E-state index in [-0.39, 0.29) is 17.5 Å². The molecule has 0 aliphatic heterocycles. The van der Waals surface area contributed by atoms with Gasteiger partial charge in [0, 0.05) is 18.7 Å². The Bertz CT molecular complexity index is 651. The largest absolute Gasteiger partial charge is 0.452 e. The normalized spacial score (nSPS) is 13.8. The first-order valence-electron chi connectivity index (χ1n) is 8.09. The number of carbonyl (C=O) groups excluding carboxylic acids is 4. The topological polar surface area (TPSA) is 114 Å². The van der Waals surface area contributed by atoms with Crippen molar-refractivity contribution in [1.82, 2.24) is 10.6 Å². The number of esters is 1. The Hall–Kier alpha value is -2.90. The maximum atomic E-state index is 11.9. The molecule has 0 radical (unpaired) electrons. The Balaban J connectivity index is 1.73. The molecule has 0 aromatic heterocycles. The summed E-state index contributed by atoms with van der Waals surface area (Å²) in [6.07, 6.45) is 3.95. The van der Waals surface area contributed by atoms with Crippen LogP contribution in [-0.4, -0.2) is 36.5 Å². The van der Waals surface area contributed by atoms with Crippen molar-refractivity contribution in [3.05, 3.63) is 29.8 Å². The summed E-state index contributed by atoms with van der Waals surface area (Å²) in [5, 5.41) is 7.41. The van der Waals surface area contributed by atoms with Gasteiger partial charge in [0.2, 0.25) is 5.91 Å². The molecule has 0 spiro atoms. The van der Waals surface area contributed by atoms with E-state index in [9.17, 15) is 19.2 Å². The molecule has 3 N–H and O–H groups in total. The standard InChI is InChI=1S/C17H21N3O5/c1-11(21)18-14-8-6-12(7-9-14)16(23)25-10-15(22)20-17(24)19-13-4-2-3-5-13/h6-9,13H,2-5,10H2,1H3,(H,18,21)(H2,19,20,22,24). The van der Waals surface area contributed by atoms with Crippen LogP contribution in [0.3, 0.4) is 0 Å². The summed E-state index contributed by atoms with van der Waals surface area (Å²) < 4.78 is 4.86. The van der Waals surface area contributed by atoms with Gasteiger partial charge in [0.05, 0.1) is 5.56 Å². The number of imide groups is 1. The van der Waals surface area contributed by atoms with Crippen LogP contribution in [0.4, 0.5) is 10.5 Å². The molecule has 0 unspecified atom stereocenters. The highest BCUT2D eigenvalue weighted by Gasteiger charge is 2.18. The molecule has 1 aromatic carbocycles. The number of anilines is 1. The van der Waals surface area contributed by atoms with Gasteiger partial charge in [0.1, 0.15) is 0 Å². The third-order valence-electron chi connectivity index (χ3n) is 3.72. The van der Waals surface area contributed by atoms with Crippen molar-refractivity contribution < 1.29 is 23.9 Å². The fourth-order valence-electron chi connectivity index (χ4n) is 2.56. The molecule has 8 nitrogen and oxygen atoms in total. The second kappa shape index (κ2) is 8.81. The summed E-state index contributed by atoms with van der Waals surface area (Å²) in [5.74, 6) is -1.61. The monoisotopic (exact) mass is 347 g/mol. The molecule has 134 valence electrons. The predicted molar refractivity (Wildman–Crippen MR) is 90.0 cm³/mol. The number of urea groups is 1. The highest BCUT2D eigenvalue weighted by Crippen LogP contribution is 2.17. The Morgan fingerprint density at radius 3 is 2.32 bits per heavy atom. The maximum absolute atomic E-state index is 11.9. The Morgan fingerprint density at radius 1 is 1.08 bits per heavy atom. The molecule has 0 heterocycles. The Kier molecular flexibility index (Phi) is 6.50. The SMILES string of the molecule is CC(=O)Nc1ccc(C(=O)OCC(=O)NC(=O)NC2CCCC2)cc1. The zero-order valence-electron chi connectivity index (χ0n) is 14.0. The number of amides is 4. The van der Waals surface area contributed by atoms with Crippen LogP contribution in [0.5, 0.6) is 0 Å². The van der Waals surface area contributed by atoms with E-state index < -0.39 is 24.5 Å². The first-order chi connectivity index (χ1) is 11.9. The van der Waals surface area contributed by atoms with Gasteiger partial charge < -0.3 is 15.4 Å². The number of ether oxygens (including phenoxy) is 1. The first-order valence-corrected chi connectivity index (χ1v) is 8.09. The minimum atomic E-state index is -0.696. The highest BCUT2D eigenvalue weighted by atomic mass is 16.5. The number of hydrogen-bond donors (Lipinski definition) is 3. The average molecular weight is 347 g/mol. The average Bonchev–Trinajstić information content (AvgIpc) is 3.05. The van der Waals surface area contributed by atoms with Gasteiger partial charge in [-0.05, 0) is 37.1 Å². The smallest absolute Gasteiger partial charge is 0.338 e. The molecule has 0 atom stereocenters. The van der Waals surface area contributed by atoms with Crippen LogP contribution < -0.4 is 16.0 Å². The lowest BCUT2D eigenvalue weighted by Crippen LogP contribution is -2.44. The lowest BCUT2D eigenvalue weighted by molar-refractivity contribution is -0.123. The van der Waals surface area contributed by atoms with Crippen LogP contribution >= 0.6 is 0 Å². The molecule has 1 aromatic rings. The van der Waals surface area contributed by atoms with Gasteiger partial charge in [-0.15, -0.1) is 0 Å². The van der Waals surface area contributed by atoms with Crippen molar-refractivity contribution in [1.29, 1.82) is 0 Å². The molecule has 2 rings (SSSR count). The minimum Gasteiger partial charge on any atom is -0.452 e. The summed E-state index contributed by atoms with van der Waals surface area (Å²) >= 11 is 0. The van der Waals surface area contributed by atoms with E-state index in [2.05, 4.69) is 16.0 Å². The summed E-state index contributed by atoms with van der Waals surface area (Å²) in [6.45, 7) is 0.827. The molecule has 1 aliphatic rings. The van der Waals surface area contributed by atoms with Crippen molar-refractivity contribution in [2.45, 2.75) is 38.6 Å². The van der Waals surface area contributed by atoms with Gasteiger partial charge in [-0.2, -0.15) is 0 Å². The number of benzene rings is 1. The molecule has 1 fully saturated rings. The van der Waals surface area contributed by atoms with E-state index in [4.69, 9.17) is 4.74 Å². The van der Waals surface area contributed by atoms with E-state index in [0.717, 1.165) is 25.7 Å². The molecular formula is C17H21N3O5. The fourth-order valence-corrected chi connectivity index (χ4v) is 2.56. The number of nitrogens with one attached hydrogen (secondary N) is 3. The van der Waals surface area contributed by atoms with Crippen molar-refractivity contribution in [3.8, 4) is 0 Å². The van der Waals surface area contributed by atoms with E-state index in [1.54, 1.807) is 12.1 Å². The molecule has 1 saturated carbocycles. The van der Waals surface area contributed by atoms with Crippen LogP contribution in [-0.2, 0) is 14.3 Å². The van der Waals surface area contributed by atoms with Gasteiger partial charge >= 0.3 is 12.0 Å². The van der Waals surface area contributed by atoms with Crippen LogP contribution in [0, 0.1) is 0 Å². The number of hydrogen-bond acceptors (Lipinski definition) is 5. The molecule has 1 aliphatic carbocycles. The fraction of sp³-hybridized carbons (Fsp3) is 0.412. The first kappa shape index (κ1) is 18.4. The second-order valence-electron chi connectivity index (χ2n) is 5.84. The Labute approximate surface area is 145 Å². The summed E-state index contributed by atoms with van der Waals surface area (Å²) in [6, 6.07) is 5.56. The lowest BCUT2D eigenvalue weighted by atomic mass is 10.2. The van der Waals surface area contributed by atoms with Crippen LogP contribution in [0.2, 0.25) is 0 Å². The van der Waals surface area contributed by atoms with Gasteiger partial charge in [-0.3, -0.25) is 14.9 Å². The zero-order chi connectivity index (χ0) is 18.2. The van der Waals surface area contributed by atoms with Gasteiger partial charge in [-0.1, -0.05) is 12.8 Å². The minimum absolute atomic E-state index is 0.0949. The third-order valence-corrected chi connectivity index (χ3v) is 3.72. The lowest BCUT2D eigenvalue weighted by Gasteiger charge is -2.12. The van der Waals surface area contributed by atoms with Crippen molar-refractivity contribution in [2.24, 2.45) is 0 Å². The van der Waals surface area contributed by atoms with Crippen LogP contribution in [0.1, 0.15) is 43.0 Å². The molecule has 0 saturated heterocycles. The third kappa shape index (κ3) is 6.25. The van der Waals surface area contributed by atoms with Crippen molar-refractivity contribution in [2.75, 3.05) is 11.9 Å².